The zero-order chi connectivity index (χ0) is 11.6. The second-order valence-corrected chi connectivity index (χ2v) is 2.97. The number of Topliss-reactive ketones (excluding diaryl/α,β-unsaturated/α-hetero) is 1. The van der Waals surface area contributed by atoms with Gasteiger partial charge in [-0.2, -0.15) is 0 Å². The molecule has 0 heterocycles. The first-order valence-electron chi connectivity index (χ1n) is 3.74. The molecule has 15 heavy (non-hydrogen) atoms. The number of methoxy groups -OCH3 is 1. The number of hydrogen-bond acceptors (Lipinski definition) is 3. The van der Waals surface area contributed by atoms with E-state index >= 15 is 0 Å². The van der Waals surface area contributed by atoms with Gasteiger partial charge in [-0.25, -0.2) is 13.6 Å². The van der Waals surface area contributed by atoms with Crippen molar-refractivity contribution in [2.24, 2.45) is 0 Å². The molecule has 0 fully saturated rings. The fourth-order valence-electron chi connectivity index (χ4n) is 0.899. The monoisotopic (exact) mass is 234 g/mol. The van der Waals surface area contributed by atoms with Gasteiger partial charge in [-0.1, -0.05) is 11.6 Å². The molecule has 0 aliphatic carbocycles. The topological polar surface area (TPSA) is 43.4 Å². The summed E-state index contributed by atoms with van der Waals surface area (Å²) < 4.78 is 29.5. The van der Waals surface area contributed by atoms with Crippen LogP contribution in [0.1, 0.15) is 10.4 Å². The number of carbonyl (C=O) groups is 2. The summed E-state index contributed by atoms with van der Waals surface area (Å²) in [6.45, 7) is 0. The highest BCUT2D eigenvalue weighted by atomic mass is 35.5. The largest absolute Gasteiger partial charge is 0.463 e. The van der Waals surface area contributed by atoms with E-state index in [0.29, 0.717) is 12.1 Å². The van der Waals surface area contributed by atoms with Crippen molar-refractivity contribution in [3.8, 4) is 0 Å². The lowest BCUT2D eigenvalue weighted by Gasteiger charge is -2.02. The zero-order valence-corrected chi connectivity index (χ0v) is 8.27. The molecule has 0 radical (unpaired) electrons. The number of ketones is 1. The molecule has 0 amide bonds. The third kappa shape index (κ3) is 2.30. The number of rotatable bonds is 2. The summed E-state index contributed by atoms with van der Waals surface area (Å²) in [6, 6.07) is 1.17. The molecule has 0 N–H and O–H groups in total. The van der Waals surface area contributed by atoms with Crippen LogP contribution >= 0.6 is 11.6 Å². The van der Waals surface area contributed by atoms with Crippen LogP contribution in [0.4, 0.5) is 8.78 Å². The van der Waals surface area contributed by atoms with E-state index in [9.17, 15) is 18.4 Å². The fraction of sp³-hybridized carbons (Fsp3) is 0.111. The molecule has 0 aliphatic heterocycles. The molecule has 0 atom stereocenters. The molecule has 0 saturated heterocycles. The minimum Gasteiger partial charge on any atom is -0.463 e. The molecule has 0 aromatic heterocycles. The van der Waals surface area contributed by atoms with Crippen molar-refractivity contribution >= 4 is 23.4 Å². The van der Waals surface area contributed by atoms with E-state index in [1.165, 1.54) is 0 Å². The predicted octanol–water partition coefficient (Wildman–Crippen LogP) is 1.97. The van der Waals surface area contributed by atoms with Gasteiger partial charge < -0.3 is 4.74 Å². The normalized spacial score (nSPS) is 9.87. The van der Waals surface area contributed by atoms with Gasteiger partial charge in [0.2, 0.25) is 0 Å². The van der Waals surface area contributed by atoms with Gasteiger partial charge in [-0.05, 0) is 12.1 Å². The molecule has 1 aromatic carbocycles. The first-order valence-corrected chi connectivity index (χ1v) is 4.12. The van der Waals surface area contributed by atoms with Crippen molar-refractivity contribution in [1.82, 2.24) is 0 Å². The van der Waals surface area contributed by atoms with Crippen LogP contribution in [0.25, 0.3) is 0 Å². The Morgan fingerprint density at radius 1 is 1.27 bits per heavy atom. The third-order valence-electron chi connectivity index (χ3n) is 1.63. The van der Waals surface area contributed by atoms with Crippen LogP contribution in [-0.2, 0) is 9.53 Å². The molecule has 0 bridgehead atoms. The Labute approximate surface area is 88.6 Å². The minimum atomic E-state index is -1.26. The second-order valence-electron chi connectivity index (χ2n) is 2.57. The Morgan fingerprint density at radius 3 is 2.33 bits per heavy atom. The number of esters is 1. The van der Waals surface area contributed by atoms with Gasteiger partial charge in [0.05, 0.1) is 17.7 Å². The van der Waals surface area contributed by atoms with E-state index in [2.05, 4.69) is 4.74 Å². The van der Waals surface area contributed by atoms with E-state index in [1.54, 1.807) is 0 Å². The molecule has 6 heteroatoms. The van der Waals surface area contributed by atoms with Crippen LogP contribution in [0.15, 0.2) is 12.1 Å². The summed E-state index contributed by atoms with van der Waals surface area (Å²) in [5.74, 6) is -4.77. The first kappa shape index (κ1) is 11.6. The van der Waals surface area contributed by atoms with Crippen molar-refractivity contribution in [3.05, 3.63) is 34.4 Å². The molecule has 0 unspecified atom stereocenters. The predicted molar refractivity (Wildman–Crippen MR) is 47.7 cm³/mol. The Bertz CT molecular complexity index is 432. The average molecular weight is 235 g/mol. The maximum absolute atomic E-state index is 12.7. The van der Waals surface area contributed by atoms with Gasteiger partial charge in [-0.3, -0.25) is 4.79 Å². The van der Waals surface area contributed by atoms with Crippen LogP contribution in [0.3, 0.4) is 0 Å². The summed E-state index contributed by atoms with van der Waals surface area (Å²) in [4.78, 5) is 22.0. The maximum atomic E-state index is 12.7. The number of ether oxygens (including phenoxy) is 1. The van der Waals surface area contributed by atoms with Crippen LogP contribution in [-0.4, -0.2) is 18.9 Å². The van der Waals surface area contributed by atoms with Gasteiger partial charge in [0.15, 0.2) is 11.6 Å². The van der Waals surface area contributed by atoms with Crippen LogP contribution in [0, 0.1) is 11.6 Å². The molecular formula is C9H5ClF2O3. The van der Waals surface area contributed by atoms with E-state index in [1.807, 2.05) is 0 Å². The Hall–Kier alpha value is -1.49. The van der Waals surface area contributed by atoms with Crippen molar-refractivity contribution < 1.29 is 23.1 Å². The van der Waals surface area contributed by atoms with Gasteiger partial charge in [0.25, 0.3) is 5.78 Å². The lowest BCUT2D eigenvalue weighted by atomic mass is 10.1. The molecule has 0 saturated carbocycles. The number of benzene rings is 1. The summed E-state index contributed by atoms with van der Waals surface area (Å²) in [5, 5.41) is -0.343. The van der Waals surface area contributed by atoms with Crippen molar-refractivity contribution in [2.75, 3.05) is 7.11 Å². The highest BCUT2D eigenvalue weighted by Gasteiger charge is 2.21. The molecule has 0 spiro atoms. The van der Waals surface area contributed by atoms with Gasteiger partial charge in [-0.15, -0.1) is 0 Å². The smallest absolute Gasteiger partial charge is 0.379 e. The van der Waals surface area contributed by atoms with Crippen LogP contribution in [0.2, 0.25) is 5.02 Å². The third-order valence-corrected chi connectivity index (χ3v) is 1.94. The molecular weight excluding hydrogens is 230 g/mol. The standard InChI is InChI=1S/C9H5ClF2O3/c1-15-9(14)8(13)4-2-6(11)7(12)3-5(4)10/h2-3H,1H3. The maximum Gasteiger partial charge on any atom is 0.379 e. The second kappa shape index (κ2) is 4.35. The Kier molecular flexibility index (Phi) is 3.36. The number of carbonyl (C=O) groups excluding carboxylic acids is 2. The lowest BCUT2D eigenvalue weighted by Crippen LogP contribution is -2.16. The number of hydrogen-bond donors (Lipinski definition) is 0. The van der Waals surface area contributed by atoms with E-state index < -0.39 is 29.0 Å². The SMILES string of the molecule is COC(=O)C(=O)c1cc(F)c(F)cc1Cl. The van der Waals surface area contributed by atoms with Crippen molar-refractivity contribution in [2.45, 2.75) is 0 Å². The van der Waals surface area contributed by atoms with E-state index in [4.69, 9.17) is 11.6 Å². The minimum absolute atomic E-state index is 0.343. The van der Waals surface area contributed by atoms with Crippen molar-refractivity contribution in [1.29, 1.82) is 0 Å². The fourth-order valence-corrected chi connectivity index (χ4v) is 1.14. The van der Waals surface area contributed by atoms with E-state index in [0.717, 1.165) is 7.11 Å². The van der Waals surface area contributed by atoms with Crippen LogP contribution in [0.5, 0.6) is 0 Å². The quantitative estimate of drug-likeness (QED) is 0.340. The van der Waals surface area contributed by atoms with Crippen LogP contribution < -0.4 is 0 Å². The Balaban J connectivity index is 3.21. The van der Waals surface area contributed by atoms with Gasteiger partial charge >= 0.3 is 5.97 Å². The zero-order valence-electron chi connectivity index (χ0n) is 7.51. The van der Waals surface area contributed by atoms with E-state index in [-0.39, 0.29) is 5.02 Å². The summed E-state index contributed by atoms with van der Waals surface area (Å²) in [5.41, 5.74) is -0.428. The molecule has 1 aromatic rings. The summed E-state index contributed by atoms with van der Waals surface area (Å²) >= 11 is 5.46. The molecule has 0 aliphatic rings. The lowest BCUT2D eigenvalue weighted by molar-refractivity contribution is -0.135. The summed E-state index contributed by atoms with van der Waals surface area (Å²) in [7, 11) is 0.994. The van der Waals surface area contributed by atoms with Crippen molar-refractivity contribution in [3.63, 3.8) is 0 Å². The van der Waals surface area contributed by atoms with Gasteiger partial charge in [0.1, 0.15) is 0 Å². The number of halogens is 3. The average Bonchev–Trinajstić information content (AvgIpc) is 2.21. The Morgan fingerprint density at radius 2 is 1.80 bits per heavy atom. The van der Waals surface area contributed by atoms with Gasteiger partial charge in [0, 0.05) is 0 Å². The highest BCUT2D eigenvalue weighted by Crippen LogP contribution is 2.20. The molecule has 80 valence electrons. The summed E-state index contributed by atoms with van der Waals surface area (Å²) in [6.07, 6.45) is 0. The molecule has 1 rings (SSSR count). The molecule has 3 nitrogen and oxygen atoms in total. The first-order chi connectivity index (χ1) is 6.97. The highest BCUT2D eigenvalue weighted by molar-refractivity contribution is 6.45.